The summed E-state index contributed by atoms with van der Waals surface area (Å²) in [5.41, 5.74) is 1.62. The van der Waals surface area contributed by atoms with Crippen LogP contribution in [0.1, 0.15) is 25.3 Å². The third-order valence-electron chi connectivity index (χ3n) is 3.89. The number of carboxylic acids is 1. The minimum absolute atomic E-state index is 0.175. The Hall–Kier alpha value is -1.52. The van der Waals surface area contributed by atoms with Gasteiger partial charge in [0.15, 0.2) is 0 Å². The summed E-state index contributed by atoms with van der Waals surface area (Å²) in [5, 5.41) is 9.41. The van der Waals surface area contributed by atoms with Gasteiger partial charge in [-0.1, -0.05) is 11.6 Å². The molecule has 1 aromatic carbocycles. The Labute approximate surface area is 130 Å². The average Bonchev–Trinajstić information content (AvgIpc) is 2.45. The molecule has 114 valence electrons. The van der Waals surface area contributed by atoms with E-state index in [1.807, 2.05) is 12.1 Å². The number of halogens is 1. The monoisotopic (exact) mass is 309 g/mol. The van der Waals surface area contributed by atoms with E-state index in [4.69, 9.17) is 21.4 Å². The van der Waals surface area contributed by atoms with Crippen LogP contribution in [-0.2, 0) is 9.53 Å². The smallest absolute Gasteiger partial charge is 0.328 e. The second-order valence-electron chi connectivity index (χ2n) is 5.55. The number of rotatable bonds is 4. The van der Waals surface area contributed by atoms with Crippen LogP contribution in [0.4, 0.5) is 5.69 Å². The molecule has 2 rings (SSSR count). The zero-order valence-electron chi connectivity index (χ0n) is 12.3. The van der Waals surface area contributed by atoms with Crippen molar-refractivity contribution in [1.82, 2.24) is 0 Å². The molecule has 0 aliphatic carbocycles. The van der Waals surface area contributed by atoms with E-state index in [1.165, 1.54) is 0 Å². The lowest BCUT2D eigenvalue weighted by molar-refractivity contribution is -0.131. The van der Waals surface area contributed by atoms with Gasteiger partial charge in [-0.05, 0) is 49.6 Å². The Morgan fingerprint density at radius 2 is 2.29 bits per heavy atom. The molecule has 1 unspecified atom stereocenters. The second kappa shape index (κ2) is 6.50. The molecular weight excluding hydrogens is 290 g/mol. The predicted octanol–water partition coefficient (Wildman–Crippen LogP) is 3.44. The molecule has 1 aromatic rings. The Balaban J connectivity index is 2.32. The fraction of sp³-hybridized carbons (Fsp3) is 0.438. The van der Waals surface area contributed by atoms with E-state index in [0.717, 1.165) is 43.3 Å². The number of nitrogens with zero attached hydrogens (tertiary/aromatic N) is 1. The van der Waals surface area contributed by atoms with Crippen molar-refractivity contribution in [2.75, 3.05) is 25.1 Å². The lowest BCUT2D eigenvalue weighted by Crippen LogP contribution is -2.47. The summed E-state index contributed by atoms with van der Waals surface area (Å²) >= 11 is 6.03. The van der Waals surface area contributed by atoms with Crippen molar-refractivity contribution in [1.29, 1.82) is 0 Å². The van der Waals surface area contributed by atoms with E-state index in [1.54, 1.807) is 19.3 Å². The van der Waals surface area contributed by atoms with Crippen molar-refractivity contribution in [3.05, 3.63) is 34.9 Å². The molecular formula is C16H20ClNO3. The van der Waals surface area contributed by atoms with Crippen molar-refractivity contribution in [2.45, 2.75) is 25.4 Å². The molecule has 0 bridgehead atoms. The molecule has 1 aliphatic rings. The largest absolute Gasteiger partial charge is 0.478 e. The minimum atomic E-state index is -0.971. The molecule has 1 heterocycles. The summed E-state index contributed by atoms with van der Waals surface area (Å²) in [5.74, 6) is -0.971. The molecule has 0 aromatic heterocycles. The number of carboxylic acid groups (broad SMARTS) is 1. The third-order valence-corrected chi connectivity index (χ3v) is 4.12. The number of ether oxygens (including phenoxy) is 1. The van der Waals surface area contributed by atoms with Crippen LogP contribution in [0, 0.1) is 0 Å². The van der Waals surface area contributed by atoms with Gasteiger partial charge in [0.2, 0.25) is 0 Å². The molecule has 21 heavy (non-hydrogen) atoms. The maximum absolute atomic E-state index is 10.7. The normalized spacial score (nSPS) is 22.7. The van der Waals surface area contributed by atoms with Crippen LogP contribution < -0.4 is 4.90 Å². The summed E-state index contributed by atoms with van der Waals surface area (Å²) in [6.07, 6.45) is 4.78. The predicted molar refractivity (Wildman–Crippen MR) is 85.0 cm³/mol. The number of benzene rings is 1. The van der Waals surface area contributed by atoms with Crippen molar-refractivity contribution < 1.29 is 14.6 Å². The number of piperidine rings is 1. The van der Waals surface area contributed by atoms with Gasteiger partial charge in [-0.2, -0.15) is 0 Å². The maximum Gasteiger partial charge on any atom is 0.328 e. The minimum Gasteiger partial charge on any atom is -0.478 e. The highest BCUT2D eigenvalue weighted by atomic mass is 35.5. The lowest BCUT2D eigenvalue weighted by Gasteiger charge is -2.41. The summed E-state index contributed by atoms with van der Waals surface area (Å²) in [7, 11) is 1.73. The van der Waals surface area contributed by atoms with E-state index in [-0.39, 0.29) is 5.60 Å². The number of hydrogen-bond donors (Lipinski definition) is 1. The molecule has 0 radical (unpaired) electrons. The first-order valence-electron chi connectivity index (χ1n) is 6.94. The van der Waals surface area contributed by atoms with Gasteiger partial charge >= 0.3 is 5.97 Å². The van der Waals surface area contributed by atoms with Gasteiger partial charge in [0.25, 0.3) is 0 Å². The first kappa shape index (κ1) is 15.9. The number of anilines is 1. The summed E-state index contributed by atoms with van der Waals surface area (Å²) < 4.78 is 5.61. The topological polar surface area (TPSA) is 49.8 Å². The van der Waals surface area contributed by atoms with E-state index in [9.17, 15) is 4.79 Å². The molecule has 1 atom stereocenters. The molecule has 1 aliphatic heterocycles. The number of methoxy groups -OCH3 is 1. The number of aliphatic carboxylic acids is 1. The van der Waals surface area contributed by atoms with Crippen LogP contribution in [0.25, 0.3) is 6.08 Å². The molecule has 0 spiro atoms. The molecule has 5 heteroatoms. The number of carbonyl (C=O) groups is 1. The Kier molecular flexibility index (Phi) is 4.91. The van der Waals surface area contributed by atoms with Gasteiger partial charge in [-0.25, -0.2) is 4.79 Å². The van der Waals surface area contributed by atoms with Crippen molar-refractivity contribution in [3.8, 4) is 0 Å². The maximum atomic E-state index is 10.7. The highest BCUT2D eigenvalue weighted by Crippen LogP contribution is 2.32. The summed E-state index contributed by atoms with van der Waals surface area (Å²) in [6, 6.07) is 5.55. The van der Waals surface area contributed by atoms with Crippen LogP contribution in [0.5, 0.6) is 0 Å². The van der Waals surface area contributed by atoms with Crippen molar-refractivity contribution in [3.63, 3.8) is 0 Å². The quantitative estimate of drug-likeness (QED) is 0.866. The van der Waals surface area contributed by atoms with Crippen molar-refractivity contribution >= 4 is 29.3 Å². The van der Waals surface area contributed by atoms with E-state index >= 15 is 0 Å². The van der Waals surface area contributed by atoms with Gasteiger partial charge in [-0.15, -0.1) is 0 Å². The molecule has 0 saturated carbocycles. The first-order valence-corrected chi connectivity index (χ1v) is 7.32. The van der Waals surface area contributed by atoms with E-state index in [2.05, 4.69) is 11.8 Å². The number of hydrogen-bond acceptors (Lipinski definition) is 3. The molecule has 1 saturated heterocycles. The van der Waals surface area contributed by atoms with Gasteiger partial charge in [0.05, 0.1) is 5.60 Å². The summed E-state index contributed by atoms with van der Waals surface area (Å²) in [4.78, 5) is 13.0. The van der Waals surface area contributed by atoms with Crippen LogP contribution in [0.3, 0.4) is 0 Å². The zero-order chi connectivity index (χ0) is 15.5. The fourth-order valence-corrected chi connectivity index (χ4v) is 2.87. The average molecular weight is 310 g/mol. The Morgan fingerprint density at radius 3 is 2.95 bits per heavy atom. The third kappa shape index (κ3) is 3.99. The molecule has 0 amide bonds. The standard InChI is InChI=1S/C16H20ClNO3/c1-16(21-2)8-3-9-18(11-16)14-6-5-13(17)10-12(14)4-7-15(19)20/h4-7,10H,3,8-9,11H2,1-2H3,(H,19,20)/b7-4+. The molecule has 4 nitrogen and oxygen atoms in total. The highest BCUT2D eigenvalue weighted by molar-refractivity contribution is 6.30. The second-order valence-corrected chi connectivity index (χ2v) is 5.99. The van der Waals surface area contributed by atoms with Crippen LogP contribution in [-0.4, -0.2) is 36.9 Å². The molecule has 1 fully saturated rings. The first-order chi connectivity index (χ1) is 9.93. The van der Waals surface area contributed by atoms with Crippen LogP contribution in [0.15, 0.2) is 24.3 Å². The Morgan fingerprint density at radius 1 is 1.52 bits per heavy atom. The lowest BCUT2D eigenvalue weighted by atomic mass is 9.93. The Bertz CT molecular complexity index is 558. The van der Waals surface area contributed by atoms with Gasteiger partial charge in [-0.3, -0.25) is 0 Å². The van der Waals surface area contributed by atoms with Gasteiger partial charge in [0, 0.05) is 37.0 Å². The summed E-state index contributed by atoms with van der Waals surface area (Å²) in [6.45, 7) is 3.80. The van der Waals surface area contributed by atoms with Crippen LogP contribution >= 0.6 is 11.6 Å². The van der Waals surface area contributed by atoms with Gasteiger partial charge in [0.1, 0.15) is 0 Å². The van der Waals surface area contributed by atoms with E-state index in [0.29, 0.717) is 5.02 Å². The fourth-order valence-electron chi connectivity index (χ4n) is 2.69. The van der Waals surface area contributed by atoms with Crippen molar-refractivity contribution in [2.24, 2.45) is 0 Å². The van der Waals surface area contributed by atoms with Gasteiger partial charge < -0.3 is 14.7 Å². The van der Waals surface area contributed by atoms with Crippen LogP contribution in [0.2, 0.25) is 5.02 Å². The SMILES string of the molecule is COC1(C)CCCN(c2ccc(Cl)cc2/C=C/C(=O)O)C1. The highest BCUT2D eigenvalue weighted by Gasteiger charge is 2.31. The molecule has 1 N–H and O–H groups in total. The zero-order valence-corrected chi connectivity index (χ0v) is 13.1. The van der Waals surface area contributed by atoms with E-state index < -0.39 is 5.97 Å².